The van der Waals surface area contributed by atoms with Crippen LogP contribution in [0.15, 0.2) is 18.2 Å². The number of nitrogens with one attached hydrogen (secondary N) is 1. The summed E-state index contributed by atoms with van der Waals surface area (Å²) in [4.78, 5) is 5.00. The average molecular weight is 332 g/mol. The standard InChI is InChI=1S/C13H14F2N2O2S2/c1-8-13(20-9(2)17-8)6-16-21(18,19)7-10-5-11(14)3-4-12(10)15/h3-5,16H,6-7H2,1-2H3. The number of thiazole rings is 1. The van der Waals surface area contributed by atoms with Gasteiger partial charge in [0.05, 0.1) is 16.5 Å². The van der Waals surface area contributed by atoms with Gasteiger partial charge in [0.1, 0.15) is 11.6 Å². The Hall–Kier alpha value is -1.38. The molecule has 114 valence electrons. The molecule has 0 saturated heterocycles. The summed E-state index contributed by atoms with van der Waals surface area (Å²) in [6.45, 7) is 3.72. The highest BCUT2D eigenvalue weighted by atomic mass is 32.2. The molecule has 0 radical (unpaired) electrons. The number of aryl methyl sites for hydroxylation is 2. The summed E-state index contributed by atoms with van der Waals surface area (Å²) in [5.74, 6) is -2.02. The van der Waals surface area contributed by atoms with E-state index in [1.807, 2.05) is 6.92 Å². The Morgan fingerprint density at radius 3 is 2.62 bits per heavy atom. The molecule has 0 bridgehead atoms. The summed E-state index contributed by atoms with van der Waals surface area (Å²) in [5, 5.41) is 0.845. The van der Waals surface area contributed by atoms with Crippen LogP contribution < -0.4 is 4.72 Å². The van der Waals surface area contributed by atoms with Crippen molar-refractivity contribution in [1.29, 1.82) is 0 Å². The van der Waals surface area contributed by atoms with Crippen molar-refractivity contribution in [3.05, 3.63) is 51.0 Å². The minimum absolute atomic E-state index is 0.0939. The van der Waals surface area contributed by atoms with E-state index in [1.54, 1.807) is 6.92 Å². The maximum Gasteiger partial charge on any atom is 0.216 e. The molecule has 0 saturated carbocycles. The van der Waals surface area contributed by atoms with Crippen LogP contribution >= 0.6 is 11.3 Å². The number of aromatic nitrogens is 1. The highest BCUT2D eigenvalue weighted by Gasteiger charge is 2.16. The predicted octanol–water partition coefficient (Wildman–Crippen LogP) is 2.66. The van der Waals surface area contributed by atoms with Gasteiger partial charge in [0.15, 0.2) is 0 Å². The van der Waals surface area contributed by atoms with Crippen molar-refractivity contribution in [3.8, 4) is 0 Å². The molecule has 4 nitrogen and oxygen atoms in total. The van der Waals surface area contributed by atoms with Crippen LogP contribution in [0.5, 0.6) is 0 Å². The average Bonchev–Trinajstić information content (AvgIpc) is 2.70. The lowest BCUT2D eigenvalue weighted by Gasteiger charge is -2.07. The third-order valence-corrected chi connectivity index (χ3v) is 5.15. The van der Waals surface area contributed by atoms with Crippen molar-refractivity contribution < 1.29 is 17.2 Å². The molecule has 0 unspecified atom stereocenters. The number of hydrogen-bond donors (Lipinski definition) is 1. The number of halogens is 2. The second-order valence-electron chi connectivity index (χ2n) is 4.56. The van der Waals surface area contributed by atoms with Crippen LogP contribution in [-0.4, -0.2) is 13.4 Å². The molecule has 0 aliphatic heterocycles. The van der Waals surface area contributed by atoms with Crippen LogP contribution in [0, 0.1) is 25.5 Å². The summed E-state index contributed by atoms with van der Waals surface area (Å²) in [6, 6.07) is 2.75. The van der Waals surface area contributed by atoms with Crippen molar-refractivity contribution in [2.24, 2.45) is 0 Å². The molecular weight excluding hydrogens is 318 g/mol. The molecule has 0 aliphatic rings. The van der Waals surface area contributed by atoms with Gasteiger partial charge < -0.3 is 0 Å². The normalized spacial score (nSPS) is 11.8. The molecule has 21 heavy (non-hydrogen) atoms. The molecule has 0 amide bonds. The second kappa shape index (κ2) is 6.17. The molecule has 1 N–H and O–H groups in total. The minimum Gasteiger partial charge on any atom is -0.247 e. The quantitative estimate of drug-likeness (QED) is 0.916. The van der Waals surface area contributed by atoms with E-state index in [2.05, 4.69) is 9.71 Å². The zero-order valence-electron chi connectivity index (χ0n) is 11.5. The van der Waals surface area contributed by atoms with Crippen molar-refractivity contribution in [1.82, 2.24) is 9.71 Å². The first-order valence-corrected chi connectivity index (χ1v) is 8.58. The smallest absolute Gasteiger partial charge is 0.216 e. The van der Waals surface area contributed by atoms with Crippen molar-refractivity contribution in [2.45, 2.75) is 26.1 Å². The molecule has 2 aromatic rings. The fourth-order valence-corrected chi connectivity index (χ4v) is 3.89. The lowest BCUT2D eigenvalue weighted by atomic mass is 10.2. The van der Waals surface area contributed by atoms with Crippen molar-refractivity contribution in [2.75, 3.05) is 0 Å². The number of sulfonamides is 1. The van der Waals surface area contributed by atoms with Gasteiger partial charge in [-0.3, -0.25) is 0 Å². The largest absolute Gasteiger partial charge is 0.247 e. The fraction of sp³-hybridized carbons (Fsp3) is 0.308. The zero-order valence-corrected chi connectivity index (χ0v) is 13.1. The van der Waals surface area contributed by atoms with E-state index in [0.717, 1.165) is 33.8 Å². The second-order valence-corrected chi connectivity index (χ2v) is 7.65. The van der Waals surface area contributed by atoms with Gasteiger partial charge in [-0.2, -0.15) is 0 Å². The van der Waals surface area contributed by atoms with Crippen LogP contribution in [0.1, 0.15) is 21.1 Å². The van der Waals surface area contributed by atoms with Crippen molar-refractivity contribution in [3.63, 3.8) is 0 Å². The van der Waals surface area contributed by atoms with E-state index in [4.69, 9.17) is 0 Å². The molecule has 2 rings (SSSR count). The first-order chi connectivity index (χ1) is 9.77. The molecule has 0 spiro atoms. The fourth-order valence-electron chi connectivity index (χ4n) is 1.82. The van der Waals surface area contributed by atoms with E-state index in [1.165, 1.54) is 11.3 Å². The van der Waals surface area contributed by atoms with E-state index in [0.29, 0.717) is 0 Å². The van der Waals surface area contributed by atoms with Gasteiger partial charge in [-0.1, -0.05) is 0 Å². The minimum atomic E-state index is -3.76. The van der Waals surface area contributed by atoms with Gasteiger partial charge in [0.25, 0.3) is 0 Å². The monoisotopic (exact) mass is 332 g/mol. The lowest BCUT2D eigenvalue weighted by Crippen LogP contribution is -2.25. The third kappa shape index (κ3) is 4.29. The van der Waals surface area contributed by atoms with Crippen LogP contribution in [0.2, 0.25) is 0 Å². The van der Waals surface area contributed by atoms with Gasteiger partial charge in [0.2, 0.25) is 10.0 Å². The number of benzene rings is 1. The Kier molecular flexibility index (Phi) is 4.70. The molecule has 1 aromatic heterocycles. The summed E-state index contributed by atoms with van der Waals surface area (Å²) >= 11 is 1.39. The first-order valence-electron chi connectivity index (χ1n) is 6.11. The van der Waals surface area contributed by atoms with Crippen LogP contribution in [-0.2, 0) is 22.3 Å². The summed E-state index contributed by atoms with van der Waals surface area (Å²) in [5.41, 5.74) is 0.567. The predicted molar refractivity (Wildman–Crippen MR) is 77.4 cm³/mol. The number of nitrogens with zero attached hydrogens (tertiary/aromatic N) is 1. The Morgan fingerprint density at radius 2 is 2.00 bits per heavy atom. The molecule has 1 aromatic carbocycles. The Balaban J connectivity index is 2.08. The Labute approximate surface area is 125 Å². The highest BCUT2D eigenvalue weighted by molar-refractivity contribution is 7.88. The lowest BCUT2D eigenvalue weighted by molar-refractivity contribution is 0.570. The van der Waals surface area contributed by atoms with Gasteiger partial charge in [-0.05, 0) is 32.0 Å². The zero-order chi connectivity index (χ0) is 15.6. The molecule has 8 heteroatoms. The topological polar surface area (TPSA) is 59.1 Å². The molecule has 0 atom stereocenters. The summed E-state index contributed by atoms with van der Waals surface area (Å²) < 4.78 is 52.8. The van der Waals surface area contributed by atoms with E-state index < -0.39 is 27.4 Å². The molecule has 0 fully saturated rings. The van der Waals surface area contributed by atoms with Gasteiger partial charge in [-0.15, -0.1) is 11.3 Å². The maximum atomic E-state index is 13.5. The van der Waals surface area contributed by atoms with Gasteiger partial charge >= 0.3 is 0 Å². The number of rotatable bonds is 5. The van der Waals surface area contributed by atoms with Crippen molar-refractivity contribution >= 4 is 21.4 Å². The molecule has 1 heterocycles. The van der Waals surface area contributed by atoms with Gasteiger partial charge in [0, 0.05) is 17.0 Å². The highest BCUT2D eigenvalue weighted by Crippen LogP contribution is 2.18. The molecule has 0 aliphatic carbocycles. The van der Waals surface area contributed by atoms with Crippen LogP contribution in [0.4, 0.5) is 8.78 Å². The van der Waals surface area contributed by atoms with Crippen LogP contribution in [0.3, 0.4) is 0 Å². The first kappa shape index (κ1) is 16.0. The Bertz CT molecular complexity index is 758. The SMILES string of the molecule is Cc1nc(C)c(CNS(=O)(=O)Cc2cc(F)ccc2F)s1. The van der Waals surface area contributed by atoms with E-state index in [9.17, 15) is 17.2 Å². The number of hydrogen-bond acceptors (Lipinski definition) is 4. The summed E-state index contributed by atoms with van der Waals surface area (Å²) in [6.07, 6.45) is 0. The maximum absolute atomic E-state index is 13.5. The van der Waals surface area contributed by atoms with E-state index in [-0.39, 0.29) is 12.1 Å². The third-order valence-electron chi connectivity index (χ3n) is 2.81. The van der Waals surface area contributed by atoms with Gasteiger partial charge in [-0.25, -0.2) is 26.9 Å². The van der Waals surface area contributed by atoms with E-state index >= 15 is 0 Å². The Morgan fingerprint density at radius 1 is 1.29 bits per heavy atom. The molecular formula is C13H14F2N2O2S2. The van der Waals surface area contributed by atoms with Crippen LogP contribution in [0.25, 0.3) is 0 Å². The summed E-state index contributed by atoms with van der Waals surface area (Å²) in [7, 11) is -3.76.